The van der Waals surface area contributed by atoms with E-state index in [2.05, 4.69) is 12.6 Å². The highest BCUT2D eigenvalue weighted by Gasteiger charge is 2.47. The van der Waals surface area contributed by atoms with E-state index in [4.69, 9.17) is 0 Å². The van der Waals surface area contributed by atoms with Gasteiger partial charge in [-0.1, -0.05) is 6.42 Å². The van der Waals surface area contributed by atoms with Crippen LogP contribution < -0.4 is 0 Å². The van der Waals surface area contributed by atoms with Gasteiger partial charge in [0.1, 0.15) is 5.78 Å². The first-order chi connectivity index (χ1) is 5.23. The van der Waals surface area contributed by atoms with E-state index in [1.165, 1.54) is 19.3 Å². The molecule has 0 bridgehead atoms. The van der Waals surface area contributed by atoms with Crippen molar-refractivity contribution >= 4 is 18.4 Å². The minimum Gasteiger partial charge on any atom is -0.298 e. The number of hydrogen-bond acceptors (Lipinski definition) is 2. The van der Waals surface area contributed by atoms with Crippen LogP contribution in [0.3, 0.4) is 0 Å². The highest BCUT2D eigenvalue weighted by molar-refractivity contribution is 7.82. The Morgan fingerprint density at radius 1 is 1.36 bits per heavy atom. The van der Waals surface area contributed by atoms with Crippen LogP contribution in [-0.4, -0.2) is 10.5 Å². The summed E-state index contributed by atoms with van der Waals surface area (Å²) in [7, 11) is 0. The van der Waals surface area contributed by atoms with E-state index in [0.29, 0.717) is 11.7 Å². The molecule has 62 valence electrons. The zero-order valence-corrected chi connectivity index (χ0v) is 7.57. The minimum atomic E-state index is -0.196. The van der Waals surface area contributed by atoms with Crippen LogP contribution in [0.25, 0.3) is 0 Å². The van der Waals surface area contributed by atoms with Gasteiger partial charge in [-0.2, -0.15) is 12.6 Å². The van der Waals surface area contributed by atoms with Gasteiger partial charge in [-0.15, -0.1) is 0 Å². The van der Waals surface area contributed by atoms with Crippen molar-refractivity contribution in [2.45, 2.75) is 43.3 Å². The molecule has 2 aliphatic rings. The van der Waals surface area contributed by atoms with Crippen LogP contribution in [0.2, 0.25) is 0 Å². The monoisotopic (exact) mass is 170 g/mol. The second-order valence-electron chi connectivity index (χ2n) is 3.83. The summed E-state index contributed by atoms with van der Waals surface area (Å²) in [4.78, 5) is 11.5. The second kappa shape index (κ2) is 2.51. The fourth-order valence-corrected chi connectivity index (χ4v) is 3.06. The number of fused-ring (bicyclic) bond motifs is 1. The van der Waals surface area contributed by atoms with Crippen molar-refractivity contribution in [3.05, 3.63) is 0 Å². The summed E-state index contributed by atoms with van der Waals surface area (Å²) in [6.45, 7) is 0. The predicted octanol–water partition coefficient (Wildman–Crippen LogP) is 2.21. The molecule has 0 N–H and O–H groups in total. The van der Waals surface area contributed by atoms with Crippen LogP contribution in [0.4, 0.5) is 0 Å². The van der Waals surface area contributed by atoms with E-state index < -0.39 is 0 Å². The molecule has 2 fully saturated rings. The molecule has 2 saturated carbocycles. The summed E-state index contributed by atoms with van der Waals surface area (Å²) < 4.78 is -0.196. The van der Waals surface area contributed by atoms with Crippen LogP contribution in [0.15, 0.2) is 0 Å². The van der Waals surface area contributed by atoms with Gasteiger partial charge in [0.05, 0.1) is 4.75 Å². The molecule has 0 aromatic rings. The van der Waals surface area contributed by atoms with E-state index >= 15 is 0 Å². The summed E-state index contributed by atoms with van der Waals surface area (Å²) in [5.41, 5.74) is 0. The summed E-state index contributed by atoms with van der Waals surface area (Å²) in [6.07, 6.45) is 6.58. The van der Waals surface area contributed by atoms with Crippen LogP contribution in [-0.2, 0) is 4.79 Å². The lowest BCUT2D eigenvalue weighted by Gasteiger charge is -2.33. The molecule has 0 radical (unpaired) electrons. The van der Waals surface area contributed by atoms with Crippen LogP contribution in [0, 0.1) is 5.92 Å². The van der Waals surface area contributed by atoms with E-state index in [-0.39, 0.29) is 4.75 Å². The lowest BCUT2D eigenvalue weighted by Crippen LogP contribution is -2.39. The third-order valence-corrected chi connectivity index (χ3v) is 4.06. The molecule has 2 unspecified atom stereocenters. The Kier molecular flexibility index (Phi) is 1.75. The third kappa shape index (κ3) is 1.03. The zero-order chi connectivity index (χ0) is 7.90. The SMILES string of the molecule is O=C1CCCC2CCCC12S. The maximum Gasteiger partial charge on any atom is 0.148 e. The molecule has 1 nitrogen and oxygen atoms in total. The van der Waals surface area contributed by atoms with Gasteiger partial charge in [0.15, 0.2) is 0 Å². The molecule has 0 aromatic heterocycles. The fourth-order valence-electron chi connectivity index (χ4n) is 2.54. The van der Waals surface area contributed by atoms with Crippen molar-refractivity contribution in [2.75, 3.05) is 0 Å². The third-order valence-electron chi connectivity index (χ3n) is 3.23. The number of rotatable bonds is 0. The van der Waals surface area contributed by atoms with Gasteiger partial charge in [0, 0.05) is 6.42 Å². The van der Waals surface area contributed by atoms with Crippen molar-refractivity contribution in [2.24, 2.45) is 5.92 Å². The number of thiol groups is 1. The Morgan fingerprint density at radius 3 is 2.82 bits per heavy atom. The number of carbonyl (C=O) groups is 1. The van der Waals surface area contributed by atoms with Crippen molar-refractivity contribution < 1.29 is 4.79 Å². The quantitative estimate of drug-likeness (QED) is 0.552. The molecule has 11 heavy (non-hydrogen) atoms. The van der Waals surface area contributed by atoms with Crippen LogP contribution >= 0.6 is 12.6 Å². The molecule has 2 heteroatoms. The van der Waals surface area contributed by atoms with Gasteiger partial charge >= 0.3 is 0 Å². The van der Waals surface area contributed by atoms with Crippen LogP contribution in [0.1, 0.15) is 38.5 Å². The molecule has 2 rings (SSSR count). The first kappa shape index (κ1) is 7.66. The van der Waals surface area contributed by atoms with Crippen LogP contribution in [0.5, 0.6) is 0 Å². The first-order valence-electron chi connectivity index (χ1n) is 4.49. The van der Waals surface area contributed by atoms with Gasteiger partial charge in [0.25, 0.3) is 0 Å². The Morgan fingerprint density at radius 2 is 2.09 bits per heavy atom. The molecule has 0 spiro atoms. The number of hydrogen-bond donors (Lipinski definition) is 1. The molecule has 0 aromatic carbocycles. The Hall–Kier alpha value is 0.0200. The molecule has 0 aliphatic heterocycles. The Bertz CT molecular complexity index is 190. The van der Waals surface area contributed by atoms with E-state index in [0.717, 1.165) is 19.3 Å². The maximum atomic E-state index is 11.5. The van der Waals surface area contributed by atoms with Crippen molar-refractivity contribution in [3.63, 3.8) is 0 Å². The fraction of sp³-hybridized carbons (Fsp3) is 0.889. The number of carbonyl (C=O) groups excluding carboxylic acids is 1. The predicted molar refractivity (Wildman–Crippen MR) is 47.9 cm³/mol. The zero-order valence-electron chi connectivity index (χ0n) is 6.68. The molecule has 0 amide bonds. The number of ketones is 1. The molecular weight excluding hydrogens is 156 g/mol. The van der Waals surface area contributed by atoms with Gasteiger partial charge in [-0.25, -0.2) is 0 Å². The van der Waals surface area contributed by atoms with Gasteiger partial charge < -0.3 is 0 Å². The van der Waals surface area contributed by atoms with Gasteiger partial charge in [0.2, 0.25) is 0 Å². The highest BCUT2D eigenvalue weighted by Crippen LogP contribution is 2.47. The molecule has 2 aliphatic carbocycles. The normalized spacial score (nSPS) is 44.1. The summed E-state index contributed by atoms with van der Waals surface area (Å²) in [5, 5.41) is 0. The van der Waals surface area contributed by atoms with E-state index in [1.54, 1.807) is 0 Å². The van der Waals surface area contributed by atoms with Crippen molar-refractivity contribution in [1.82, 2.24) is 0 Å². The largest absolute Gasteiger partial charge is 0.298 e. The minimum absolute atomic E-state index is 0.196. The van der Waals surface area contributed by atoms with Gasteiger partial charge in [-0.05, 0) is 31.6 Å². The van der Waals surface area contributed by atoms with Crippen molar-refractivity contribution in [3.8, 4) is 0 Å². The maximum absolute atomic E-state index is 11.5. The highest BCUT2D eigenvalue weighted by atomic mass is 32.1. The van der Waals surface area contributed by atoms with Crippen molar-refractivity contribution in [1.29, 1.82) is 0 Å². The second-order valence-corrected chi connectivity index (χ2v) is 4.63. The van der Waals surface area contributed by atoms with E-state index in [9.17, 15) is 4.79 Å². The summed E-state index contributed by atoms with van der Waals surface area (Å²) >= 11 is 4.55. The molecule has 0 heterocycles. The summed E-state index contributed by atoms with van der Waals surface area (Å²) in [6, 6.07) is 0. The number of Topliss-reactive ketones (excluding diaryl/α,β-unsaturated/α-hetero) is 1. The lowest BCUT2D eigenvalue weighted by atomic mass is 9.80. The standard InChI is InChI=1S/C9H14OS/c10-8-5-1-3-7-4-2-6-9(7,8)11/h7,11H,1-6H2. The lowest BCUT2D eigenvalue weighted by molar-refractivity contribution is -0.123. The molecular formula is C9H14OS. The summed E-state index contributed by atoms with van der Waals surface area (Å²) in [5.74, 6) is 1.02. The molecule has 2 atom stereocenters. The smallest absolute Gasteiger partial charge is 0.148 e. The average Bonchev–Trinajstić information content (AvgIpc) is 2.34. The first-order valence-corrected chi connectivity index (χ1v) is 4.94. The Balaban J connectivity index is 2.24. The topological polar surface area (TPSA) is 17.1 Å². The van der Waals surface area contributed by atoms with E-state index in [1.807, 2.05) is 0 Å². The Labute approximate surface area is 73.0 Å². The average molecular weight is 170 g/mol. The van der Waals surface area contributed by atoms with Gasteiger partial charge in [-0.3, -0.25) is 4.79 Å². The molecule has 0 saturated heterocycles.